The van der Waals surface area contributed by atoms with Crippen LogP contribution in [0.5, 0.6) is 0 Å². The Balaban J connectivity index is 1.98. The summed E-state index contributed by atoms with van der Waals surface area (Å²) in [6.07, 6.45) is 5.21. The summed E-state index contributed by atoms with van der Waals surface area (Å²) in [4.78, 5) is 5.25. The van der Waals surface area contributed by atoms with Gasteiger partial charge in [-0.1, -0.05) is 6.92 Å². The van der Waals surface area contributed by atoms with Crippen molar-refractivity contribution in [3.63, 3.8) is 0 Å². The molecule has 2 heterocycles. The molecule has 0 spiro atoms. The SMILES string of the molecule is CCOCCN(CC)C1(CN)CCN2CCCC2C1. The Morgan fingerprint density at radius 3 is 2.89 bits per heavy atom. The molecule has 0 aromatic carbocycles. The summed E-state index contributed by atoms with van der Waals surface area (Å²) >= 11 is 0. The molecule has 2 aliphatic heterocycles. The van der Waals surface area contributed by atoms with Crippen molar-refractivity contribution in [2.24, 2.45) is 5.73 Å². The number of hydrogen-bond acceptors (Lipinski definition) is 4. The molecule has 0 saturated carbocycles. The fourth-order valence-electron chi connectivity index (χ4n) is 3.96. The van der Waals surface area contributed by atoms with E-state index in [-0.39, 0.29) is 5.54 Å². The molecular weight excluding hydrogens is 238 g/mol. The minimum atomic E-state index is 0.220. The van der Waals surface area contributed by atoms with E-state index < -0.39 is 0 Å². The number of fused-ring (bicyclic) bond motifs is 1. The second-order valence-electron chi connectivity index (χ2n) is 5.99. The number of nitrogens with zero attached hydrogens (tertiary/aromatic N) is 2. The van der Waals surface area contributed by atoms with Gasteiger partial charge in [-0.2, -0.15) is 0 Å². The molecule has 112 valence electrons. The topological polar surface area (TPSA) is 41.7 Å². The van der Waals surface area contributed by atoms with Gasteiger partial charge in [-0.05, 0) is 45.7 Å². The van der Waals surface area contributed by atoms with Crippen LogP contribution in [0.25, 0.3) is 0 Å². The highest BCUT2D eigenvalue weighted by molar-refractivity contribution is 5.01. The number of rotatable bonds is 7. The van der Waals surface area contributed by atoms with Gasteiger partial charge in [0, 0.05) is 37.8 Å². The second kappa shape index (κ2) is 7.02. The molecule has 4 nitrogen and oxygen atoms in total. The fraction of sp³-hybridized carbons (Fsp3) is 1.00. The van der Waals surface area contributed by atoms with Crippen LogP contribution in [0.15, 0.2) is 0 Å². The molecule has 2 rings (SSSR count). The van der Waals surface area contributed by atoms with E-state index >= 15 is 0 Å². The smallest absolute Gasteiger partial charge is 0.0593 e. The van der Waals surface area contributed by atoms with E-state index in [0.717, 1.165) is 38.9 Å². The summed E-state index contributed by atoms with van der Waals surface area (Å²) in [6, 6.07) is 0.776. The zero-order chi connectivity index (χ0) is 13.7. The molecule has 0 aromatic rings. The molecule has 2 N–H and O–H groups in total. The van der Waals surface area contributed by atoms with Crippen LogP contribution in [0.4, 0.5) is 0 Å². The molecule has 2 saturated heterocycles. The van der Waals surface area contributed by atoms with Crippen LogP contribution in [0.2, 0.25) is 0 Å². The number of likely N-dealkylation sites (N-methyl/N-ethyl adjacent to an activating group) is 1. The highest BCUT2D eigenvalue weighted by Crippen LogP contribution is 2.36. The van der Waals surface area contributed by atoms with Crippen molar-refractivity contribution in [3.8, 4) is 0 Å². The molecule has 19 heavy (non-hydrogen) atoms. The Labute approximate surface area is 118 Å². The lowest BCUT2D eigenvalue weighted by atomic mass is 9.81. The van der Waals surface area contributed by atoms with E-state index in [4.69, 9.17) is 10.5 Å². The van der Waals surface area contributed by atoms with Crippen LogP contribution in [0.3, 0.4) is 0 Å². The summed E-state index contributed by atoms with van der Waals surface area (Å²) in [7, 11) is 0. The Morgan fingerprint density at radius 2 is 2.21 bits per heavy atom. The molecule has 0 amide bonds. The third kappa shape index (κ3) is 3.30. The van der Waals surface area contributed by atoms with Crippen molar-refractivity contribution in [2.45, 2.75) is 51.1 Å². The van der Waals surface area contributed by atoms with E-state index in [1.165, 1.54) is 38.8 Å². The predicted octanol–water partition coefficient (Wildman–Crippen LogP) is 1.30. The third-order valence-corrected chi connectivity index (χ3v) is 5.12. The summed E-state index contributed by atoms with van der Waals surface area (Å²) < 4.78 is 5.54. The first kappa shape index (κ1) is 15.2. The van der Waals surface area contributed by atoms with Crippen LogP contribution in [-0.4, -0.2) is 67.3 Å². The lowest BCUT2D eigenvalue weighted by Gasteiger charge is -2.50. The van der Waals surface area contributed by atoms with Crippen molar-refractivity contribution in [1.82, 2.24) is 9.80 Å². The van der Waals surface area contributed by atoms with Gasteiger partial charge in [0.05, 0.1) is 6.61 Å². The third-order valence-electron chi connectivity index (χ3n) is 5.12. The molecule has 0 radical (unpaired) electrons. The van der Waals surface area contributed by atoms with Crippen LogP contribution in [0.1, 0.15) is 39.5 Å². The zero-order valence-corrected chi connectivity index (χ0v) is 12.7. The van der Waals surface area contributed by atoms with E-state index in [9.17, 15) is 0 Å². The maximum Gasteiger partial charge on any atom is 0.0593 e. The molecule has 2 aliphatic rings. The summed E-state index contributed by atoms with van der Waals surface area (Å²) in [5.74, 6) is 0. The normalized spacial score (nSPS) is 31.9. The zero-order valence-electron chi connectivity index (χ0n) is 12.7. The van der Waals surface area contributed by atoms with Crippen LogP contribution in [-0.2, 0) is 4.74 Å². The lowest BCUT2D eigenvalue weighted by molar-refractivity contribution is -0.00373. The van der Waals surface area contributed by atoms with Gasteiger partial charge >= 0.3 is 0 Å². The highest BCUT2D eigenvalue weighted by Gasteiger charge is 2.43. The number of nitrogens with two attached hydrogens (primary N) is 1. The largest absolute Gasteiger partial charge is 0.380 e. The van der Waals surface area contributed by atoms with Gasteiger partial charge in [0.1, 0.15) is 0 Å². The van der Waals surface area contributed by atoms with Gasteiger partial charge in [0.2, 0.25) is 0 Å². The van der Waals surface area contributed by atoms with Gasteiger partial charge in [-0.25, -0.2) is 0 Å². The lowest BCUT2D eigenvalue weighted by Crippen LogP contribution is -2.61. The van der Waals surface area contributed by atoms with Crippen LogP contribution < -0.4 is 5.73 Å². The van der Waals surface area contributed by atoms with Crippen LogP contribution >= 0.6 is 0 Å². The average Bonchev–Trinajstić information content (AvgIpc) is 2.90. The number of hydrogen-bond donors (Lipinski definition) is 1. The average molecular weight is 269 g/mol. The Hall–Kier alpha value is -0.160. The minimum absolute atomic E-state index is 0.220. The molecule has 0 aliphatic carbocycles. The number of piperidine rings is 1. The molecule has 0 bridgehead atoms. The van der Waals surface area contributed by atoms with E-state index in [0.29, 0.717) is 0 Å². The first-order chi connectivity index (χ1) is 9.25. The standard InChI is InChI=1S/C15H31N3O/c1-3-18(10-11-19-4-2)15(13-16)7-9-17-8-5-6-14(17)12-15/h14H,3-13,16H2,1-2H3. The molecular formula is C15H31N3O. The second-order valence-corrected chi connectivity index (χ2v) is 5.99. The maximum atomic E-state index is 6.20. The first-order valence-corrected chi connectivity index (χ1v) is 8.02. The van der Waals surface area contributed by atoms with Gasteiger partial charge < -0.3 is 15.4 Å². The quantitative estimate of drug-likeness (QED) is 0.707. The van der Waals surface area contributed by atoms with E-state index in [2.05, 4.69) is 23.6 Å². The summed E-state index contributed by atoms with van der Waals surface area (Å²) in [6.45, 7) is 11.4. The first-order valence-electron chi connectivity index (χ1n) is 8.02. The molecule has 2 unspecified atom stereocenters. The van der Waals surface area contributed by atoms with Gasteiger partial charge in [-0.15, -0.1) is 0 Å². The summed E-state index contributed by atoms with van der Waals surface area (Å²) in [5, 5.41) is 0. The Morgan fingerprint density at radius 1 is 1.37 bits per heavy atom. The summed E-state index contributed by atoms with van der Waals surface area (Å²) in [5.41, 5.74) is 6.42. The molecule has 0 aromatic heterocycles. The Kier molecular flexibility index (Phi) is 5.63. The van der Waals surface area contributed by atoms with E-state index in [1.807, 2.05) is 0 Å². The minimum Gasteiger partial charge on any atom is -0.380 e. The van der Waals surface area contributed by atoms with Crippen molar-refractivity contribution in [2.75, 3.05) is 45.9 Å². The van der Waals surface area contributed by atoms with E-state index in [1.54, 1.807) is 0 Å². The van der Waals surface area contributed by atoms with Crippen molar-refractivity contribution >= 4 is 0 Å². The predicted molar refractivity (Wildman–Crippen MR) is 79.4 cm³/mol. The number of ether oxygens (including phenoxy) is 1. The highest BCUT2D eigenvalue weighted by atomic mass is 16.5. The van der Waals surface area contributed by atoms with Gasteiger partial charge in [-0.3, -0.25) is 4.90 Å². The van der Waals surface area contributed by atoms with Gasteiger partial charge in [0.15, 0.2) is 0 Å². The van der Waals surface area contributed by atoms with Crippen molar-refractivity contribution < 1.29 is 4.74 Å². The Bertz CT molecular complexity index is 274. The van der Waals surface area contributed by atoms with Crippen molar-refractivity contribution in [1.29, 1.82) is 0 Å². The van der Waals surface area contributed by atoms with Gasteiger partial charge in [0.25, 0.3) is 0 Å². The molecule has 2 fully saturated rings. The van der Waals surface area contributed by atoms with Crippen LogP contribution in [0, 0.1) is 0 Å². The van der Waals surface area contributed by atoms with Crippen molar-refractivity contribution in [3.05, 3.63) is 0 Å². The maximum absolute atomic E-state index is 6.20. The molecule has 2 atom stereocenters. The molecule has 4 heteroatoms. The fourth-order valence-corrected chi connectivity index (χ4v) is 3.96. The monoisotopic (exact) mass is 269 g/mol.